The Kier molecular flexibility index (Phi) is 4.30. The van der Waals surface area contributed by atoms with Crippen LogP contribution in [-0.4, -0.2) is 48.2 Å². The van der Waals surface area contributed by atoms with Gasteiger partial charge in [-0.15, -0.1) is 11.3 Å². The number of carbonyl (C=O) groups is 3. The highest BCUT2D eigenvalue weighted by atomic mass is 32.1. The fraction of sp³-hybridized carbons (Fsp3) is 0.421. The smallest absolute Gasteiger partial charge is 0.348 e. The van der Waals surface area contributed by atoms with Crippen molar-refractivity contribution in [3.8, 4) is 0 Å². The van der Waals surface area contributed by atoms with Gasteiger partial charge in [0.2, 0.25) is 0 Å². The standard InChI is InChI=1S/C19H20N2O5S/c1-26-16(22)14-8-11-4-2-6-13(15(11)27-14)20-18(25)21-9-12-5-3-7-19(12,10-21)17(23)24/h2,4,6,8,12H,3,5,7,9-10H2,1H3,(H,20,25)(H,23,24)/t12-,19+/m0/s1. The predicted octanol–water partition coefficient (Wildman–Crippen LogP) is 3.41. The number of fused-ring (bicyclic) bond motifs is 2. The molecule has 1 aliphatic heterocycles. The van der Waals surface area contributed by atoms with E-state index in [0.29, 0.717) is 23.5 Å². The molecule has 2 amide bonds. The molecule has 8 heteroatoms. The number of anilines is 1. The molecular weight excluding hydrogens is 368 g/mol. The number of esters is 1. The maximum atomic E-state index is 12.8. The Balaban J connectivity index is 1.56. The van der Waals surface area contributed by atoms with Crippen LogP contribution in [0.4, 0.5) is 10.5 Å². The lowest BCUT2D eigenvalue weighted by Gasteiger charge is -2.23. The molecule has 2 aliphatic rings. The highest BCUT2D eigenvalue weighted by molar-refractivity contribution is 7.21. The lowest BCUT2D eigenvalue weighted by atomic mass is 9.81. The number of carbonyl (C=O) groups excluding carboxylic acids is 2. The topological polar surface area (TPSA) is 95.9 Å². The van der Waals surface area contributed by atoms with Gasteiger partial charge in [0.05, 0.1) is 22.9 Å². The van der Waals surface area contributed by atoms with Gasteiger partial charge in [-0.05, 0) is 36.3 Å². The van der Waals surface area contributed by atoms with E-state index in [4.69, 9.17) is 4.74 Å². The Hall–Kier alpha value is -2.61. The monoisotopic (exact) mass is 388 g/mol. The second kappa shape index (κ2) is 6.53. The van der Waals surface area contributed by atoms with Crippen LogP contribution in [-0.2, 0) is 9.53 Å². The van der Waals surface area contributed by atoms with Crippen LogP contribution in [0.15, 0.2) is 24.3 Å². The van der Waals surface area contributed by atoms with Crippen molar-refractivity contribution < 1.29 is 24.2 Å². The molecule has 7 nitrogen and oxygen atoms in total. The second-order valence-corrected chi connectivity index (χ2v) is 8.24. The van der Waals surface area contributed by atoms with Crippen molar-refractivity contribution in [3.63, 3.8) is 0 Å². The molecule has 2 atom stereocenters. The molecule has 2 aromatic rings. The Morgan fingerprint density at radius 2 is 2.19 bits per heavy atom. The first-order valence-electron chi connectivity index (χ1n) is 8.85. The Morgan fingerprint density at radius 3 is 2.89 bits per heavy atom. The second-order valence-electron chi connectivity index (χ2n) is 7.19. The van der Waals surface area contributed by atoms with Crippen LogP contribution in [0.25, 0.3) is 10.1 Å². The summed E-state index contributed by atoms with van der Waals surface area (Å²) in [5.41, 5.74) is -0.191. The minimum absolute atomic E-state index is 0.0178. The van der Waals surface area contributed by atoms with Gasteiger partial charge in [0, 0.05) is 13.1 Å². The summed E-state index contributed by atoms with van der Waals surface area (Å²) in [6.45, 7) is 0.707. The molecule has 2 N–H and O–H groups in total. The van der Waals surface area contributed by atoms with Gasteiger partial charge in [-0.2, -0.15) is 0 Å². The number of rotatable bonds is 3. The largest absolute Gasteiger partial charge is 0.481 e. The van der Waals surface area contributed by atoms with Gasteiger partial charge in [-0.25, -0.2) is 9.59 Å². The average Bonchev–Trinajstić information content (AvgIpc) is 3.33. The van der Waals surface area contributed by atoms with Crippen molar-refractivity contribution in [3.05, 3.63) is 29.1 Å². The lowest BCUT2D eigenvalue weighted by molar-refractivity contribution is -0.149. The number of hydrogen-bond acceptors (Lipinski definition) is 5. The molecule has 1 saturated carbocycles. The fourth-order valence-electron chi connectivity index (χ4n) is 4.35. The van der Waals surface area contributed by atoms with Crippen LogP contribution < -0.4 is 5.32 Å². The first kappa shape index (κ1) is 17.8. The third kappa shape index (κ3) is 2.84. The number of aliphatic carboxylic acids is 1. The first-order chi connectivity index (χ1) is 12.9. The number of methoxy groups -OCH3 is 1. The molecule has 1 aliphatic carbocycles. The summed E-state index contributed by atoms with van der Waals surface area (Å²) in [6.07, 6.45) is 2.37. The van der Waals surface area contributed by atoms with Crippen molar-refractivity contribution in [2.45, 2.75) is 19.3 Å². The van der Waals surface area contributed by atoms with Crippen molar-refractivity contribution in [2.24, 2.45) is 11.3 Å². The zero-order chi connectivity index (χ0) is 19.2. The minimum atomic E-state index is -0.802. The van der Waals surface area contributed by atoms with E-state index in [-0.39, 0.29) is 18.5 Å². The third-order valence-corrected chi connectivity index (χ3v) is 6.92. The number of nitrogens with one attached hydrogen (secondary N) is 1. The van der Waals surface area contributed by atoms with E-state index < -0.39 is 17.4 Å². The molecular formula is C19H20N2O5S. The predicted molar refractivity (Wildman–Crippen MR) is 101 cm³/mol. The summed E-state index contributed by atoms with van der Waals surface area (Å²) in [7, 11) is 1.33. The number of hydrogen-bond donors (Lipinski definition) is 2. The highest BCUT2D eigenvalue weighted by Crippen LogP contribution is 2.49. The summed E-state index contributed by atoms with van der Waals surface area (Å²) in [5, 5.41) is 13.4. The van der Waals surface area contributed by atoms with Crippen LogP contribution in [0.1, 0.15) is 28.9 Å². The third-order valence-electron chi connectivity index (χ3n) is 5.76. The van der Waals surface area contributed by atoms with E-state index in [1.54, 1.807) is 17.0 Å². The summed E-state index contributed by atoms with van der Waals surface area (Å²) in [5.74, 6) is -1.20. The highest BCUT2D eigenvalue weighted by Gasteiger charge is 2.55. The van der Waals surface area contributed by atoms with Crippen molar-refractivity contribution in [1.82, 2.24) is 4.90 Å². The van der Waals surface area contributed by atoms with Crippen LogP contribution in [0.2, 0.25) is 0 Å². The van der Waals surface area contributed by atoms with Gasteiger partial charge >= 0.3 is 18.0 Å². The number of amides is 2. The molecule has 0 bridgehead atoms. The van der Waals surface area contributed by atoms with E-state index in [0.717, 1.165) is 22.9 Å². The zero-order valence-electron chi connectivity index (χ0n) is 14.9. The maximum Gasteiger partial charge on any atom is 0.348 e. The van der Waals surface area contributed by atoms with Crippen LogP contribution in [0.5, 0.6) is 0 Å². The summed E-state index contributed by atoms with van der Waals surface area (Å²) in [6, 6.07) is 6.89. The number of likely N-dealkylation sites (tertiary alicyclic amines) is 1. The number of carboxylic acids is 1. The van der Waals surface area contributed by atoms with Gasteiger partial charge in [0.15, 0.2) is 0 Å². The molecule has 1 aromatic carbocycles. The van der Waals surface area contributed by atoms with Crippen LogP contribution >= 0.6 is 11.3 Å². The number of thiophene rings is 1. The maximum absolute atomic E-state index is 12.8. The van der Waals surface area contributed by atoms with E-state index >= 15 is 0 Å². The average molecular weight is 388 g/mol. The molecule has 2 heterocycles. The van der Waals surface area contributed by atoms with Crippen molar-refractivity contribution >= 4 is 45.1 Å². The molecule has 1 aromatic heterocycles. The summed E-state index contributed by atoms with van der Waals surface area (Å²) in [4.78, 5) is 38.4. The van der Waals surface area contributed by atoms with E-state index in [1.807, 2.05) is 12.1 Å². The molecule has 0 radical (unpaired) electrons. The van der Waals surface area contributed by atoms with E-state index in [1.165, 1.54) is 18.4 Å². The normalized spacial score (nSPS) is 24.0. The van der Waals surface area contributed by atoms with Gasteiger partial charge in [-0.3, -0.25) is 4.79 Å². The van der Waals surface area contributed by atoms with E-state index in [9.17, 15) is 19.5 Å². The van der Waals surface area contributed by atoms with Crippen molar-refractivity contribution in [1.29, 1.82) is 0 Å². The molecule has 4 rings (SSSR count). The first-order valence-corrected chi connectivity index (χ1v) is 9.66. The Labute approximate surface area is 159 Å². The number of ether oxygens (including phenoxy) is 1. The quantitative estimate of drug-likeness (QED) is 0.786. The zero-order valence-corrected chi connectivity index (χ0v) is 15.7. The fourth-order valence-corrected chi connectivity index (χ4v) is 5.40. The molecule has 2 fully saturated rings. The Morgan fingerprint density at radius 1 is 1.37 bits per heavy atom. The van der Waals surface area contributed by atoms with Crippen molar-refractivity contribution in [2.75, 3.05) is 25.5 Å². The van der Waals surface area contributed by atoms with Crippen LogP contribution in [0, 0.1) is 11.3 Å². The number of carboxylic acid groups (broad SMARTS) is 1. The summed E-state index contributed by atoms with van der Waals surface area (Å²) < 4.78 is 5.55. The molecule has 1 saturated heterocycles. The van der Waals surface area contributed by atoms with Crippen LogP contribution in [0.3, 0.4) is 0 Å². The number of nitrogens with zero attached hydrogens (tertiary/aromatic N) is 1. The Bertz CT molecular complexity index is 939. The summed E-state index contributed by atoms with van der Waals surface area (Å²) >= 11 is 1.26. The van der Waals surface area contributed by atoms with Gasteiger partial charge in [-0.1, -0.05) is 18.6 Å². The minimum Gasteiger partial charge on any atom is -0.481 e. The molecule has 142 valence electrons. The number of urea groups is 1. The SMILES string of the molecule is COC(=O)c1cc2cccc(NC(=O)N3C[C@@H]4CCC[C@@]4(C(=O)O)C3)c2s1. The van der Waals surface area contributed by atoms with Gasteiger partial charge in [0.1, 0.15) is 4.88 Å². The number of benzene rings is 1. The van der Waals surface area contributed by atoms with Gasteiger partial charge < -0.3 is 20.1 Å². The van der Waals surface area contributed by atoms with E-state index in [2.05, 4.69) is 5.32 Å². The van der Waals surface area contributed by atoms with Gasteiger partial charge in [0.25, 0.3) is 0 Å². The molecule has 27 heavy (non-hydrogen) atoms. The molecule has 0 spiro atoms. The molecule has 0 unspecified atom stereocenters. The lowest BCUT2D eigenvalue weighted by Crippen LogP contribution is -2.38.